The molecule has 0 radical (unpaired) electrons. The minimum atomic E-state index is -0.0645. The first kappa shape index (κ1) is 19.7. The summed E-state index contributed by atoms with van der Waals surface area (Å²) in [7, 11) is 3.53. The molecule has 8 heteroatoms. The van der Waals surface area contributed by atoms with Gasteiger partial charge in [-0.15, -0.1) is 0 Å². The van der Waals surface area contributed by atoms with Crippen molar-refractivity contribution in [3.63, 3.8) is 0 Å². The molecule has 1 aliphatic heterocycles. The molecule has 1 atom stereocenters. The zero-order valence-electron chi connectivity index (χ0n) is 16.7. The van der Waals surface area contributed by atoms with E-state index in [0.717, 1.165) is 37.9 Å². The number of piperazine rings is 1. The highest BCUT2D eigenvalue weighted by molar-refractivity contribution is 5.80. The van der Waals surface area contributed by atoms with Crippen LogP contribution in [0.3, 0.4) is 0 Å². The summed E-state index contributed by atoms with van der Waals surface area (Å²) in [6, 6.07) is 9.79. The molecule has 1 aromatic carbocycles. The van der Waals surface area contributed by atoms with E-state index < -0.39 is 0 Å². The number of aliphatic imine (C=N–C) groups is 1. The molecule has 2 heterocycles. The second kappa shape index (κ2) is 9.25. The Kier molecular flexibility index (Phi) is 6.52. The number of hydrogen-bond donors (Lipinski definition) is 1. The number of anilines is 1. The topological polar surface area (TPSA) is 75.0 Å². The van der Waals surface area contributed by atoms with E-state index in [1.165, 1.54) is 0 Å². The van der Waals surface area contributed by atoms with Crippen LogP contribution in [0.5, 0.6) is 5.75 Å². The lowest BCUT2D eigenvalue weighted by atomic mass is 10.3. The van der Waals surface area contributed by atoms with Crippen molar-refractivity contribution in [1.29, 1.82) is 0 Å². The summed E-state index contributed by atoms with van der Waals surface area (Å²) in [4.78, 5) is 25.2. The molecule has 1 saturated heterocycles. The van der Waals surface area contributed by atoms with Crippen molar-refractivity contribution >= 4 is 11.8 Å². The first-order chi connectivity index (χ1) is 13.6. The lowest BCUT2D eigenvalue weighted by molar-refractivity contribution is 0.221. The van der Waals surface area contributed by atoms with Crippen LogP contribution >= 0.6 is 0 Å². The average Bonchev–Trinajstić information content (AvgIpc) is 2.72. The molecule has 150 valence electrons. The van der Waals surface area contributed by atoms with Crippen LogP contribution in [0.1, 0.15) is 6.92 Å². The fraction of sp³-hybridized carbons (Fsp3) is 0.450. The molecule has 1 fully saturated rings. The predicted octanol–water partition coefficient (Wildman–Crippen LogP) is 0.945. The van der Waals surface area contributed by atoms with Gasteiger partial charge in [0, 0.05) is 52.7 Å². The van der Waals surface area contributed by atoms with Gasteiger partial charge in [0.05, 0.1) is 6.54 Å². The SMILES string of the molecule is CN=C(NCC(C)Oc1ccccc1)N1CCN(c2nccn(C)c2=O)CC1. The lowest BCUT2D eigenvalue weighted by Gasteiger charge is -2.37. The smallest absolute Gasteiger partial charge is 0.293 e. The van der Waals surface area contributed by atoms with Gasteiger partial charge in [0.2, 0.25) is 0 Å². The van der Waals surface area contributed by atoms with Crippen molar-refractivity contribution in [3.8, 4) is 5.75 Å². The highest BCUT2D eigenvalue weighted by atomic mass is 16.5. The van der Waals surface area contributed by atoms with Crippen LogP contribution in [-0.2, 0) is 7.05 Å². The van der Waals surface area contributed by atoms with E-state index in [1.807, 2.05) is 42.2 Å². The summed E-state index contributed by atoms with van der Waals surface area (Å²) in [6.07, 6.45) is 3.35. The summed E-state index contributed by atoms with van der Waals surface area (Å²) < 4.78 is 7.47. The fourth-order valence-electron chi connectivity index (χ4n) is 3.17. The van der Waals surface area contributed by atoms with Gasteiger partial charge in [0.1, 0.15) is 11.9 Å². The zero-order valence-corrected chi connectivity index (χ0v) is 16.7. The molecule has 0 bridgehead atoms. The second-order valence-corrected chi connectivity index (χ2v) is 6.81. The Hall–Kier alpha value is -3.03. The Morgan fingerprint density at radius 3 is 2.64 bits per heavy atom. The van der Waals surface area contributed by atoms with Crippen molar-refractivity contribution in [2.24, 2.45) is 12.0 Å². The van der Waals surface area contributed by atoms with E-state index in [4.69, 9.17) is 4.74 Å². The molecule has 28 heavy (non-hydrogen) atoms. The maximum atomic E-state index is 12.3. The van der Waals surface area contributed by atoms with Crippen LogP contribution in [-0.4, -0.2) is 66.3 Å². The highest BCUT2D eigenvalue weighted by Crippen LogP contribution is 2.11. The van der Waals surface area contributed by atoms with E-state index >= 15 is 0 Å². The van der Waals surface area contributed by atoms with Gasteiger partial charge >= 0.3 is 0 Å². The summed E-state index contributed by atoms with van der Waals surface area (Å²) in [6.45, 7) is 5.68. The summed E-state index contributed by atoms with van der Waals surface area (Å²) in [5.74, 6) is 2.21. The number of nitrogens with zero attached hydrogens (tertiary/aromatic N) is 5. The third kappa shape index (κ3) is 4.82. The minimum Gasteiger partial charge on any atom is -0.489 e. The Morgan fingerprint density at radius 2 is 1.96 bits per heavy atom. The standard InChI is InChI=1S/C20H28N6O2/c1-16(28-17-7-5-4-6-8-17)15-23-20(21-2)26-13-11-25(12-14-26)18-19(27)24(3)10-9-22-18/h4-10,16H,11-15H2,1-3H3,(H,21,23). The van der Waals surface area contributed by atoms with Crippen LogP contribution < -0.4 is 20.5 Å². The van der Waals surface area contributed by atoms with Crippen LogP contribution in [0.2, 0.25) is 0 Å². The molecule has 1 N–H and O–H groups in total. The molecule has 1 aliphatic rings. The molecular weight excluding hydrogens is 356 g/mol. The number of aromatic nitrogens is 2. The molecule has 0 saturated carbocycles. The van der Waals surface area contributed by atoms with Crippen molar-refractivity contribution in [2.45, 2.75) is 13.0 Å². The maximum absolute atomic E-state index is 12.3. The predicted molar refractivity (Wildman–Crippen MR) is 111 cm³/mol. The van der Waals surface area contributed by atoms with Gasteiger partial charge in [-0.05, 0) is 19.1 Å². The third-order valence-electron chi connectivity index (χ3n) is 4.72. The van der Waals surface area contributed by atoms with Crippen LogP contribution in [0.25, 0.3) is 0 Å². The zero-order chi connectivity index (χ0) is 19.9. The fourth-order valence-corrected chi connectivity index (χ4v) is 3.17. The Labute approximate surface area is 165 Å². The first-order valence-corrected chi connectivity index (χ1v) is 9.52. The number of nitrogens with one attached hydrogen (secondary N) is 1. The van der Waals surface area contributed by atoms with Crippen molar-refractivity contribution in [3.05, 3.63) is 53.1 Å². The van der Waals surface area contributed by atoms with Crippen molar-refractivity contribution in [2.75, 3.05) is 44.7 Å². The molecule has 0 aliphatic carbocycles. The number of aryl methyl sites for hydroxylation is 1. The van der Waals surface area contributed by atoms with Crippen molar-refractivity contribution in [1.82, 2.24) is 19.8 Å². The summed E-state index contributed by atoms with van der Waals surface area (Å²) in [5, 5.41) is 3.39. The van der Waals surface area contributed by atoms with Gasteiger partial charge in [0.15, 0.2) is 11.8 Å². The molecular formula is C20H28N6O2. The van der Waals surface area contributed by atoms with Gasteiger partial charge in [-0.1, -0.05) is 18.2 Å². The minimum absolute atomic E-state index is 0.0111. The molecule has 2 aromatic rings. The monoisotopic (exact) mass is 384 g/mol. The average molecular weight is 384 g/mol. The normalized spacial score (nSPS) is 16.0. The van der Waals surface area contributed by atoms with E-state index in [1.54, 1.807) is 31.1 Å². The summed E-state index contributed by atoms with van der Waals surface area (Å²) in [5.41, 5.74) is -0.0645. The van der Waals surface area contributed by atoms with E-state index in [-0.39, 0.29) is 11.7 Å². The third-order valence-corrected chi connectivity index (χ3v) is 4.72. The largest absolute Gasteiger partial charge is 0.489 e. The number of para-hydroxylation sites is 1. The first-order valence-electron chi connectivity index (χ1n) is 9.52. The Morgan fingerprint density at radius 1 is 1.25 bits per heavy atom. The number of ether oxygens (including phenoxy) is 1. The number of hydrogen-bond acceptors (Lipinski definition) is 5. The van der Waals surface area contributed by atoms with E-state index in [9.17, 15) is 4.79 Å². The number of benzene rings is 1. The van der Waals surface area contributed by atoms with Gasteiger partial charge in [-0.2, -0.15) is 0 Å². The Balaban J connectivity index is 1.51. The van der Waals surface area contributed by atoms with Gasteiger partial charge in [0.25, 0.3) is 5.56 Å². The molecule has 0 spiro atoms. The van der Waals surface area contributed by atoms with E-state index in [0.29, 0.717) is 12.4 Å². The lowest BCUT2D eigenvalue weighted by Crippen LogP contribution is -2.54. The quantitative estimate of drug-likeness (QED) is 0.611. The van der Waals surface area contributed by atoms with Gasteiger partial charge in [-0.25, -0.2) is 4.98 Å². The van der Waals surface area contributed by atoms with E-state index in [2.05, 4.69) is 20.2 Å². The second-order valence-electron chi connectivity index (χ2n) is 6.81. The van der Waals surface area contributed by atoms with Crippen LogP contribution in [0.4, 0.5) is 5.82 Å². The van der Waals surface area contributed by atoms with Gasteiger partial charge in [-0.3, -0.25) is 9.79 Å². The summed E-state index contributed by atoms with van der Waals surface area (Å²) >= 11 is 0. The molecule has 8 nitrogen and oxygen atoms in total. The molecule has 0 amide bonds. The molecule has 1 unspecified atom stereocenters. The molecule has 3 rings (SSSR count). The number of guanidine groups is 1. The van der Waals surface area contributed by atoms with Gasteiger partial charge < -0.3 is 24.4 Å². The van der Waals surface area contributed by atoms with Crippen LogP contribution in [0, 0.1) is 0 Å². The number of rotatable bonds is 5. The highest BCUT2D eigenvalue weighted by Gasteiger charge is 2.22. The van der Waals surface area contributed by atoms with Crippen LogP contribution in [0.15, 0.2) is 52.5 Å². The van der Waals surface area contributed by atoms with Crippen molar-refractivity contribution < 1.29 is 4.74 Å². The maximum Gasteiger partial charge on any atom is 0.293 e. The Bertz CT molecular complexity index is 843. The molecule has 1 aromatic heterocycles.